The van der Waals surface area contributed by atoms with E-state index in [2.05, 4.69) is 45.7 Å². The van der Waals surface area contributed by atoms with Crippen LogP contribution >= 0.6 is 0 Å². The molecule has 0 aromatic rings. The maximum Gasteiger partial charge on any atom is 0.330 e. The summed E-state index contributed by atoms with van der Waals surface area (Å²) in [6, 6.07) is 0. The fourth-order valence-corrected chi connectivity index (χ4v) is 1.12. The van der Waals surface area contributed by atoms with Crippen molar-refractivity contribution >= 4 is 23.9 Å². The molecule has 0 saturated carbocycles. The van der Waals surface area contributed by atoms with Gasteiger partial charge in [-0.2, -0.15) is 0 Å². The van der Waals surface area contributed by atoms with E-state index in [0.29, 0.717) is 26.1 Å². The third-order valence-electron chi connectivity index (χ3n) is 2.48. The topological polar surface area (TPSA) is 127 Å². The first kappa shape index (κ1) is 32.8. The highest BCUT2D eigenvalue weighted by molar-refractivity contribution is 5.81. The molecule has 8 heteroatoms. The Morgan fingerprint density at radius 1 is 0.759 bits per heavy atom. The van der Waals surface area contributed by atoms with Gasteiger partial charge >= 0.3 is 23.9 Å². The first-order valence-corrected chi connectivity index (χ1v) is 7.93. The predicted octanol–water partition coefficient (Wildman–Crippen LogP) is 3.28. The number of aliphatic carboxylic acids is 2. The Hall–Kier alpha value is -3.86. The SMILES string of the molecule is C#C.C=CC(=O)O.C=CC(=O)O.C=CC(=O)OCCC(C=C)CCOC(=O)C=C.[HH].[HH]. The van der Waals surface area contributed by atoms with Crippen LogP contribution in [0.4, 0.5) is 0 Å². The van der Waals surface area contributed by atoms with Crippen LogP contribution in [0.1, 0.15) is 15.7 Å². The lowest BCUT2D eigenvalue weighted by molar-refractivity contribution is -0.138. The first-order valence-electron chi connectivity index (χ1n) is 7.93. The molecule has 0 unspecified atom stereocenters. The number of carboxylic acid groups (broad SMARTS) is 2. The largest absolute Gasteiger partial charge is 0.478 e. The Morgan fingerprint density at radius 2 is 1.03 bits per heavy atom. The van der Waals surface area contributed by atoms with Gasteiger partial charge in [0.15, 0.2) is 0 Å². The Balaban J connectivity index is -0.0000000928. The molecule has 0 spiro atoms. The molecule has 0 aromatic carbocycles. The molecule has 0 aromatic heterocycles. The summed E-state index contributed by atoms with van der Waals surface area (Å²) in [6.45, 7) is 16.8. The maximum absolute atomic E-state index is 10.8. The van der Waals surface area contributed by atoms with E-state index >= 15 is 0 Å². The van der Waals surface area contributed by atoms with Gasteiger partial charge in [0, 0.05) is 27.2 Å². The summed E-state index contributed by atoms with van der Waals surface area (Å²) < 4.78 is 9.69. The van der Waals surface area contributed by atoms with Crippen molar-refractivity contribution in [3.05, 3.63) is 63.3 Å². The zero-order chi connectivity index (χ0) is 23.7. The van der Waals surface area contributed by atoms with Gasteiger partial charge in [0.25, 0.3) is 0 Å². The minimum Gasteiger partial charge on any atom is -0.478 e. The van der Waals surface area contributed by atoms with Crippen LogP contribution < -0.4 is 0 Å². The van der Waals surface area contributed by atoms with Gasteiger partial charge in [-0.25, -0.2) is 19.2 Å². The molecular formula is C21H32O8. The molecule has 0 rings (SSSR count). The van der Waals surface area contributed by atoms with Crippen molar-refractivity contribution in [3.63, 3.8) is 0 Å². The zero-order valence-corrected chi connectivity index (χ0v) is 16.3. The number of esters is 2. The Labute approximate surface area is 174 Å². The van der Waals surface area contributed by atoms with E-state index in [0.717, 1.165) is 24.3 Å². The second-order valence-electron chi connectivity index (χ2n) is 4.40. The summed E-state index contributed by atoms with van der Waals surface area (Å²) >= 11 is 0. The van der Waals surface area contributed by atoms with E-state index in [1.807, 2.05) is 0 Å². The minimum absolute atomic E-state index is 0. The van der Waals surface area contributed by atoms with Crippen LogP contribution in [0.3, 0.4) is 0 Å². The lowest BCUT2D eigenvalue weighted by Gasteiger charge is -2.11. The molecule has 164 valence electrons. The molecule has 2 N–H and O–H groups in total. The molecule has 0 bridgehead atoms. The summed E-state index contributed by atoms with van der Waals surface area (Å²) in [4.78, 5) is 40.1. The molecule has 0 aliphatic rings. The molecule has 8 nitrogen and oxygen atoms in total. The molecule has 0 radical (unpaired) electrons. The van der Waals surface area contributed by atoms with E-state index in [9.17, 15) is 19.2 Å². The summed E-state index contributed by atoms with van der Waals surface area (Å²) in [7, 11) is 0. The average molecular weight is 412 g/mol. The van der Waals surface area contributed by atoms with Gasteiger partial charge in [-0.05, 0) is 18.8 Å². The fourth-order valence-electron chi connectivity index (χ4n) is 1.12. The molecule has 0 aliphatic carbocycles. The highest BCUT2D eigenvalue weighted by Crippen LogP contribution is 2.10. The average Bonchev–Trinajstić information content (AvgIpc) is 2.74. The van der Waals surface area contributed by atoms with Crippen molar-refractivity contribution in [2.24, 2.45) is 5.92 Å². The maximum atomic E-state index is 10.8. The molecule has 0 heterocycles. The second kappa shape index (κ2) is 26.4. The van der Waals surface area contributed by atoms with Gasteiger partial charge < -0.3 is 19.7 Å². The van der Waals surface area contributed by atoms with Crippen molar-refractivity contribution in [2.45, 2.75) is 12.8 Å². The summed E-state index contributed by atoms with van der Waals surface area (Å²) in [5, 5.41) is 15.2. The van der Waals surface area contributed by atoms with Gasteiger partial charge in [0.05, 0.1) is 13.2 Å². The summed E-state index contributed by atoms with van der Waals surface area (Å²) in [5.41, 5.74) is 0. The van der Waals surface area contributed by atoms with Crippen molar-refractivity contribution in [2.75, 3.05) is 13.2 Å². The van der Waals surface area contributed by atoms with Crippen LogP contribution in [0.15, 0.2) is 63.3 Å². The molecule has 0 amide bonds. The van der Waals surface area contributed by atoms with Crippen molar-refractivity contribution in [3.8, 4) is 12.8 Å². The molecule has 0 fully saturated rings. The van der Waals surface area contributed by atoms with Crippen LogP contribution in [0.2, 0.25) is 0 Å². The summed E-state index contributed by atoms with van der Waals surface area (Å²) in [6.07, 6.45) is 15.0. The lowest BCUT2D eigenvalue weighted by Crippen LogP contribution is -2.10. The summed E-state index contributed by atoms with van der Waals surface area (Å²) in [5.74, 6) is -2.70. The minimum atomic E-state index is -0.981. The van der Waals surface area contributed by atoms with E-state index in [-0.39, 0.29) is 8.77 Å². The quantitative estimate of drug-likeness (QED) is 0.229. The standard InChI is InChI=1S/C13H18O4.2C3H4O2.C2H2.2H2/c1-4-11(7-9-16-12(14)5-2)8-10-17-13(15)6-3;2*1-2-3(4)5;1-2;;/h4-6,11H,1-3,7-10H2;2*2H,1H2,(H,4,5);1-2H;2*1H. The Bertz CT molecular complexity index is 539. The third kappa shape index (κ3) is 36.0. The van der Waals surface area contributed by atoms with E-state index in [1.165, 1.54) is 0 Å². The van der Waals surface area contributed by atoms with E-state index < -0.39 is 23.9 Å². The first-order chi connectivity index (χ1) is 13.7. The number of hydrogen-bond donors (Lipinski definition) is 2. The highest BCUT2D eigenvalue weighted by Gasteiger charge is 2.07. The van der Waals surface area contributed by atoms with Gasteiger partial charge in [0.1, 0.15) is 0 Å². The van der Waals surface area contributed by atoms with E-state index in [4.69, 9.17) is 19.7 Å². The fraction of sp³-hybridized carbons (Fsp3) is 0.238. The number of rotatable bonds is 11. The number of hydrogen-bond acceptors (Lipinski definition) is 6. The number of carbonyl (C=O) groups is 4. The Kier molecular flexibility index (Phi) is 29.8. The van der Waals surface area contributed by atoms with Gasteiger partial charge in [-0.1, -0.05) is 32.4 Å². The second-order valence-corrected chi connectivity index (χ2v) is 4.40. The molecule has 0 aliphatic heterocycles. The molecule has 0 atom stereocenters. The van der Waals surface area contributed by atoms with Crippen molar-refractivity contribution in [1.82, 2.24) is 0 Å². The van der Waals surface area contributed by atoms with Crippen LogP contribution in [-0.4, -0.2) is 47.3 Å². The molecule has 0 saturated heterocycles. The van der Waals surface area contributed by atoms with Crippen molar-refractivity contribution in [1.29, 1.82) is 0 Å². The number of carbonyl (C=O) groups excluding carboxylic acids is 2. The normalized spacial score (nSPS) is 7.83. The van der Waals surface area contributed by atoms with E-state index in [1.54, 1.807) is 6.08 Å². The monoisotopic (exact) mass is 412 g/mol. The predicted molar refractivity (Wildman–Crippen MR) is 115 cm³/mol. The van der Waals surface area contributed by atoms with Gasteiger partial charge in [-0.3, -0.25) is 0 Å². The van der Waals surface area contributed by atoms with Gasteiger partial charge in [0.2, 0.25) is 0 Å². The van der Waals surface area contributed by atoms with Crippen LogP contribution in [-0.2, 0) is 28.7 Å². The lowest BCUT2D eigenvalue weighted by atomic mass is 10.0. The number of carboxylic acids is 2. The number of ether oxygens (including phenoxy) is 2. The highest BCUT2D eigenvalue weighted by atomic mass is 16.5. The van der Waals surface area contributed by atoms with Crippen molar-refractivity contribution < 1.29 is 41.7 Å². The third-order valence-corrected chi connectivity index (χ3v) is 2.48. The van der Waals surface area contributed by atoms with Crippen LogP contribution in [0, 0.1) is 18.8 Å². The number of allylic oxidation sites excluding steroid dienone is 1. The Morgan fingerprint density at radius 3 is 1.21 bits per heavy atom. The molecule has 29 heavy (non-hydrogen) atoms. The van der Waals surface area contributed by atoms with Gasteiger partial charge in [-0.15, -0.1) is 19.4 Å². The molecular weight excluding hydrogens is 380 g/mol. The van der Waals surface area contributed by atoms with Crippen LogP contribution in [0.5, 0.6) is 0 Å². The van der Waals surface area contributed by atoms with Crippen LogP contribution in [0.25, 0.3) is 0 Å². The zero-order valence-electron chi connectivity index (χ0n) is 16.3. The number of terminal acetylenes is 1. The smallest absolute Gasteiger partial charge is 0.330 e.